The summed E-state index contributed by atoms with van der Waals surface area (Å²) in [5.41, 5.74) is 0.305. The number of nitrogens with zero attached hydrogens (tertiary/aromatic N) is 4. The SMILES string of the molecule is COc1cc(OC)c(F)c(COc2cnc(Nc3cnn(CCO)c3)n[14cH]2)c1F. The highest BCUT2D eigenvalue weighted by atomic mass is 19.1. The van der Waals surface area contributed by atoms with Gasteiger partial charge in [0.1, 0.15) is 6.61 Å². The van der Waals surface area contributed by atoms with Crippen LogP contribution in [0.4, 0.5) is 20.4 Å². The first-order valence-corrected chi connectivity index (χ1v) is 8.49. The van der Waals surface area contributed by atoms with Gasteiger partial charge in [0, 0.05) is 12.3 Å². The number of methoxy groups -OCH3 is 2. The fourth-order valence-corrected chi connectivity index (χ4v) is 2.46. The fourth-order valence-electron chi connectivity index (χ4n) is 2.46. The Morgan fingerprint density at radius 1 is 1.17 bits per heavy atom. The molecular formula is C18H19F2N5O4. The van der Waals surface area contributed by atoms with E-state index in [1.807, 2.05) is 0 Å². The van der Waals surface area contributed by atoms with Crippen molar-refractivity contribution < 1.29 is 28.1 Å². The molecule has 0 saturated heterocycles. The van der Waals surface area contributed by atoms with Crippen LogP contribution in [0, 0.1) is 11.6 Å². The van der Waals surface area contributed by atoms with Crippen molar-refractivity contribution in [1.82, 2.24) is 19.7 Å². The fraction of sp³-hybridized carbons (Fsp3) is 0.278. The smallest absolute Gasteiger partial charge is 0.227 e. The molecule has 0 bridgehead atoms. The van der Waals surface area contributed by atoms with Crippen LogP contribution in [0.25, 0.3) is 0 Å². The molecule has 0 saturated carbocycles. The zero-order valence-electron chi connectivity index (χ0n) is 15.7. The summed E-state index contributed by atoms with van der Waals surface area (Å²) >= 11 is 0. The van der Waals surface area contributed by atoms with Crippen LogP contribution in [0.5, 0.6) is 17.2 Å². The van der Waals surface area contributed by atoms with Crippen LogP contribution in [-0.4, -0.2) is 45.7 Å². The average Bonchev–Trinajstić information content (AvgIpc) is 3.16. The maximum atomic E-state index is 14.4. The van der Waals surface area contributed by atoms with Gasteiger partial charge in [-0.1, -0.05) is 0 Å². The Balaban J connectivity index is 1.67. The number of aliphatic hydroxyl groups excluding tert-OH is 1. The highest BCUT2D eigenvalue weighted by Gasteiger charge is 2.20. The number of hydrogen-bond acceptors (Lipinski definition) is 8. The van der Waals surface area contributed by atoms with Gasteiger partial charge in [-0.05, 0) is 0 Å². The van der Waals surface area contributed by atoms with Crippen molar-refractivity contribution >= 4 is 11.6 Å². The number of aliphatic hydroxyl groups is 1. The molecule has 0 aliphatic carbocycles. The quantitative estimate of drug-likeness (QED) is 0.555. The third-order valence-electron chi connectivity index (χ3n) is 3.89. The molecule has 9 nitrogen and oxygen atoms in total. The molecule has 2 aromatic heterocycles. The second-order valence-corrected chi connectivity index (χ2v) is 5.76. The van der Waals surface area contributed by atoms with E-state index in [2.05, 4.69) is 20.4 Å². The molecular weight excluding hydrogens is 390 g/mol. The maximum Gasteiger partial charge on any atom is 0.227 e. The zero-order valence-corrected chi connectivity index (χ0v) is 15.7. The van der Waals surface area contributed by atoms with Crippen LogP contribution in [0.3, 0.4) is 0 Å². The van der Waals surface area contributed by atoms with Gasteiger partial charge in [-0.2, -0.15) is 5.10 Å². The Bertz CT molecular complexity index is 937. The Hall–Kier alpha value is -3.47. The summed E-state index contributed by atoms with van der Waals surface area (Å²) in [5, 5.41) is 15.9. The standard InChI is InChI=1S/C18H19F2N5O4/c1-27-14-5-15(28-2)17(20)13(16(14)19)10-29-12-7-21-18(22-8-12)24-11-6-23-25(9-11)3-4-26/h5-9,26H,3-4,10H2,1-2H3,(H,21,22,24)/i7+2. The van der Waals surface area contributed by atoms with Crippen LogP contribution >= 0.6 is 0 Å². The van der Waals surface area contributed by atoms with Gasteiger partial charge in [0.05, 0.1) is 57.2 Å². The van der Waals surface area contributed by atoms with Gasteiger partial charge in [-0.15, -0.1) is 0 Å². The lowest BCUT2D eigenvalue weighted by Gasteiger charge is -2.13. The van der Waals surface area contributed by atoms with Crippen molar-refractivity contribution in [3.8, 4) is 17.2 Å². The molecule has 29 heavy (non-hydrogen) atoms. The predicted molar refractivity (Wildman–Crippen MR) is 98.4 cm³/mol. The first-order chi connectivity index (χ1) is 14.0. The van der Waals surface area contributed by atoms with E-state index >= 15 is 0 Å². The number of rotatable bonds is 9. The summed E-state index contributed by atoms with van der Waals surface area (Å²) < 4.78 is 45.5. The molecule has 0 aliphatic rings. The number of benzene rings is 1. The van der Waals surface area contributed by atoms with Crippen LogP contribution in [0.1, 0.15) is 5.56 Å². The molecule has 0 unspecified atom stereocenters. The molecule has 0 spiro atoms. The largest absolute Gasteiger partial charge is 0.494 e. The van der Waals surface area contributed by atoms with Gasteiger partial charge in [-0.3, -0.25) is 4.68 Å². The number of halogens is 2. The van der Waals surface area contributed by atoms with Crippen molar-refractivity contribution in [1.29, 1.82) is 0 Å². The highest BCUT2D eigenvalue weighted by molar-refractivity contribution is 5.50. The molecule has 0 fully saturated rings. The summed E-state index contributed by atoms with van der Waals surface area (Å²) in [4.78, 5) is 8.17. The number of anilines is 2. The summed E-state index contributed by atoms with van der Waals surface area (Å²) in [6.45, 7) is -0.0587. The van der Waals surface area contributed by atoms with Gasteiger partial charge in [-0.25, -0.2) is 18.7 Å². The normalized spacial score (nSPS) is 10.7. The average molecular weight is 409 g/mol. The van der Waals surface area contributed by atoms with Gasteiger partial charge in [0.2, 0.25) is 5.95 Å². The molecule has 0 atom stereocenters. The second kappa shape index (κ2) is 9.15. The van der Waals surface area contributed by atoms with E-state index in [4.69, 9.17) is 19.3 Å². The van der Waals surface area contributed by atoms with E-state index in [9.17, 15) is 8.78 Å². The molecule has 3 aromatic rings. The van der Waals surface area contributed by atoms with Gasteiger partial charge in [0.25, 0.3) is 0 Å². The Morgan fingerprint density at radius 2 is 1.90 bits per heavy atom. The van der Waals surface area contributed by atoms with Gasteiger partial charge in [0.15, 0.2) is 28.9 Å². The van der Waals surface area contributed by atoms with Crippen LogP contribution < -0.4 is 19.5 Å². The summed E-state index contributed by atoms with van der Waals surface area (Å²) in [7, 11) is 2.54. The minimum absolute atomic E-state index is 0.0238. The van der Waals surface area contributed by atoms with Crippen molar-refractivity contribution in [2.45, 2.75) is 13.2 Å². The van der Waals surface area contributed by atoms with Crippen molar-refractivity contribution in [2.24, 2.45) is 0 Å². The highest BCUT2D eigenvalue weighted by Crippen LogP contribution is 2.31. The van der Waals surface area contributed by atoms with E-state index in [0.29, 0.717) is 12.2 Å². The molecule has 0 radical (unpaired) electrons. The molecule has 154 valence electrons. The number of hydrogen-bond donors (Lipinski definition) is 2. The van der Waals surface area contributed by atoms with Crippen LogP contribution in [-0.2, 0) is 13.2 Å². The van der Waals surface area contributed by atoms with Crippen molar-refractivity contribution in [3.63, 3.8) is 0 Å². The second-order valence-electron chi connectivity index (χ2n) is 5.76. The topological polar surface area (TPSA) is 104 Å². The lowest BCUT2D eigenvalue weighted by Crippen LogP contribution is -2.06. The van der Waals surface area contributed by atoms with E-state index in [1.165, 1.54) is 26.6 Å². The third kappa shape index (κ3) is 4.69. The first-order valence-electron chi connectivity index (χ1n) is 8.49. The van der Waals surface area contributed by atoms with Crippen LogP contribution in [0.2, 0.25) is 0 Å². The number of ether oxygens (including phenoxy) is 3. The molecule has 0 aliphatic heterocycles. The predicted octanol–water partition coefficient (Wildman–Crippen LogP) is 2.28. The summed E-state index contributed by atoms with van der Waals surface area (Å²) in [6.07, 6.45) is 5.97. The zero-order chi connectivity index (χ0) is 20.8. The van der Waals surface area contributed by atoms with E-state index in [-0.39, 0.29) is 35.4 Å². The molecule has 3 rings (SSSR count). The van der Waals surface area contributed by atoms with Gasteiger partial charge >= 0.3 is 0 Å². The van der Waals surface area contributed by atoms with Gasteiger partial charge < -0.3 is 24.6 Å². The van der Waals surface area contributed by atoms with Crippen molar-refractivity contribution in [2.75, 3.05) is 26.1 Å². The Morgan fingerprint density at radius 3 is 2.48 bits per heavy atom. The molecule has 0 amide bonds. The lowest BCUT2D eigenvalue weighted by atomic mass is 10.1. The molecule has 1 aromatic carbocycles. The molecule has 11 heteroatoms. The van der Waals surface area contributed by atoms with E-state index < -0.39 is 18.2 Å². The monoisotopic (exact) mass is 409 g/mol. The third-order valence-corrected chi connectivity index (χ3v) is 3.89. The maximum absolute atomic E-state index is 14.4. The number of aromatic nitrogens is 4. The van der Waals surface area contributed by atoms with Crippen LogP contribution in [0.15, 0.2) is 30.9 Å². The summed E-state index contributed by atoms with van der Waals surface area (Å²) in [6, 6.07) is 1.13. The summed E-state index contributed by atoms with van der Waals surface area (Å²) in [5.74, 6) is -1.55. The van der Waals surface area contributed by atoms with Crippen molar-refractivity contribution in [3.05, 3.63) is 48.1 Å². The minimum Gasteiger partial charge on any atom is -0.494 e. The Kier molecular flexibility index (Phi) is 6.39. The minimum atomic E-state index is -0.870. The molecule has 2 N–H and O–H groups in total. The molecule has 2 heterocycles. The van der Waals surface area contributed by atoms with E-state index in [0.717, 1.165) is 6.07 Å². The Labute approximate surface area is 164 Å². The first kappa shape index (κ1) is 20.3. The lowest BCUT2D eigenvalue weighted by molar-refractivity contribution is 0.269. The number of nitrogens with one attached hydrogen (secondary N) is 1. The van der Waals surface area contributed by atoms with E-state index in [1.54, 1.807) is 17.1 Å².